The Morgan fingerprint density at radius 3 is 2.31 bits per heavy atom. The Hall–Kier alpha value is -1.36. The van der Waals surface area contributed by atoms with Crippen molar-refractivity contribution >= 4 is 11.9 Å². The fourth-order valence-electron chi connectivity index (χ4n) is 1.47. The van der Waals surface area contributed by atoms with E-state index in [2.05, 4.69) is 0 Å². The van der Waals surface area contributed by atoms with Crippen LogP contribution in [-0.2, 0) is 14.3 Å². The summed E-state index contributed by atoms with van der Waals surface area (Å²) in [7, 11) is 0. The molecule has 1 aliphatic carbocycles. The van der Waals surface area contributed by atoms with Crippen molar-refractivity contribution in [2.24, 2.45) is 0 Å². The van der Waals surface area contributed by atoms with E-state index in [1.165, 1.54) is 6.92 Å². The first-order chi connectivity index (χ1) is 7.47. The van der Waals surface area contributed by atoms with E-state index in [-0.39, 0.29) is 12.6 Å². The van der Waals surface area contributed by atoms with Crippen molar-refractivity contribution < 1.29 is 24.5 Å². The molecule has 1 rings (SSSR count). The maximum absolute atomic E-state index is 10.6. The number of carbonyl (C=O) groups excluding carboxylic acids is 1. The van der Waals surface area contributed by atoms with Gasteiger partial charge < -0.3 is 14.9 Å². The SMILES string of the molecule is CC(=O)O.CC(=O)OC1=C(CCO)CCC1. The van der Waals surface area contributed by atoms with E-state index in [9.17, 15) is 4.79 Å². The lowest BCUT2D eigenvalue weighted by Crippen LogP contribution is -1.99. The molecule has 0 saturated carbocycles. The fourth-order valence-corrected chi connectivity index (χ4v) is 1.47. The van der Waals surface area contributed by atoms with Crippen LogP contribution in [0.25, 0.3) is 0 Å². The maximum Gasteiger partial charge on any atom is 0.307 e. The molecule has 0 unspecified atom stereocenters. The lowest BCUT2D eigenvalue weighted by molar-refractivity contribution is -0.137. The number of carboxylic acids is 1. The van der Waals surface area contributed by atoms with Crippen LogP contribution in [-0.4, -0.2) is 28.8 Å². The van der Waals surface area contributed by atoms with E-state index in [1.807, 2.05) is 0 Å². The Labute approximate surface area is 94.7 Å². The molecule has 0 bridgehead atoms. The minimum atomic E-state index is -0.833. The van der Waals surface area contributed by atoms with Crippen LogP contribution in [0.5, 0.6) is 0 Å². The Bertz CT molecular complexity index is 276. The van der Waals surface area contributed by atoms with Crippen LogP contribution in [0.1, 0.15) is 39.5 Å². The number of esters is 1. The first-order valence-electron chi connectivity index (χ1n) is 5.17. The van der Waals surface area contributed by atoms with Crippen LogP contribution in [0.15, 0.2) is 11.3 Å². The maximum atomic E-state index is 10.6. The van der Waals surface area contributed by atoms with Gasteiger partial charge in [-0.2, -0.15) is 0 Å². The van der Waals surface area contributed by atoms with Crippen molar-refractivity contribution in [3.63, 3.8) is 0 Å². The zero-order valence-electron chi connectivity index (χ0n) is 9.65. The third kappa shape index (κ3) is 7.00. The standard InChI is InChI=1S/C9H14O3.C2H4O2/c1-7(11)12-9-4-2-3-8(9)5-6-10;1-2(3)4/h10H,2-6H2,1H3;1H3,(H,3,4). The predicted octanol–water partition coefficient (Wildman–Crippen LogP) is 1.46. The summed E-state index contributed by atoms with van der Waals surface area (Å²) in [5.74, 6) is -0.307. The number of aliphatic carboxylic acids is 1. The summed E-state index contributed by atoms with van der Waals surface area (Å²) in [5, 5.41) is 16.1. The minimum absolute atomic E-state index is 0.139. The van der Waals surface area contributed by atoms with Gasteiger partial charge in [-0.3, -0.25) is 9.59 Å². The zero-order chi connectivity index (χ0) is 12.6. The molecule has 1 aliphatic rings. The number of rotatable bonds is 3. The van der Waals surface area contributed by atoms with E-state index < -0.39 is 5.97 Å². The predicted molar refractivity (Wildman–Crippen MR) is 57.7 cm³/mol. The highest BCUT2D eigenvalue weighted by atomic mass is 16.5. The van der Waals surface area contributed by atoms with E-state index >= 15 is 0 Å². The van der Waals surface area contributed by atoms with Crippen molar-refractivity contribution in [3.8, 4) is 0 Å². The summed E-state index contributed by atoms with van der Waals surface area (Å²) < 4.78 is 5.01. The molecule has 92 valence electrons. The van der Waals surface area contributed by atoms with Gasteiger partial charge in [-0.25, -0.2) is 0 Å². The van der Waals surface area contributed by atoms with Gasteiger partial charge in [0.1, 0.15) is 5.76 Å². The smallest absolute Gasteiger partial charge is 0.307 e. The van der Waals surface area contributed by atoms with Gasteiger partial charge in [-0.1, -0.05) is 0 Å². The van der Waals surface area contributed by atoms with Gasteiger partial charge in [-0.15, -0.1) is 0 Å². The van der Waals surface area contributed by atoms with E-state index in [1.54, 1.807) is 0 Å². The second kappa shape index (κ2) is 7.87. The molecule has 0 saturated heterocycles. The number of hydrogen-bond donors (Lipinski definition) is 2. The summed E-state index contributed by atoms with van der Waals surface area (Å²) in [5.41, 5.74) is 1.10. The summed E-state index contributed by atoms with van der Waals surface area (Å²) in [6, 6.07) is 0. The van der Waals surface area contributed by atoms with Gasteiger partial charge in [-0.05, 0) is 24.8 Å². The van der Waals surface area contributed by atoms with Gasteiger partial charge >= 0.3 is 5.97 Å². The first-order valence-corrected chi connectivity index (χ1v) is 5.17. The van der Waals surface area contributed by atoms with Crippen LogP contribution in [0.4, 0.5) is 0 Å². The molecule has 5 nitrogen and oxygen atoms in total. The summed E-state index contributed by atoms with van der Waals surface area (Å²) in [6.45, 7) is 2.63. The topological polar surface area (TPSA) is 83.8 Å². The molecule has 0 aliphatic heterocycles. The number of ether oxygens (including phenoxy) is 1. The molecule has 5 heteroatoms. The van der Waals surface area contributed by atoms with E-state index in [0.717, 1.165) is 37.5 Å². The first kappa shape index (κ1) is 14.6. The molecule has 0 aromatic heterocycles. The summed E-state index contributed by atoms with van der Waals surface area (Å²) in [6.07, 6.45) is 3.48. The molecule has 0 radical (unpaired) electrons. The van der Waals surface area contributed by atoms with Crippen LogP contribution in [0, 0.1) is 0 Å². The highest BCUT2D eigenvalue weighted by Crippen LogP contribution is 2.28. The Morgan fingerprint density at radius 2 is 1.88 bits per heavy atom. The van der Waals surface area contributed by atoms with Gasteiger partial charge in [0.2, 0.25) is 0 Å². The second-order valence-corrected chi connectivity index (χ2v) is 3.47. The number of aliphatic hydroxyl groups is 1. The van der Waals surface area contributed by atoms with Gasteiger partial charge in [0.25, 0.3) is 5.97 Å². The van der Waals surface area contributed by atoms with Crippen molar-refractivity contribution in [2.75, 3.05) is 6.61 Å². The lowest BCUT2D eigenvalue weighted by Gasteiger charge is -2.04. The third-order valence-electron chi connectivity index (χ3n) is 1.96. The highest BCUT2D eigenvalue weighted by Gasteiger charge is 2.16. The van der Waals surface area contributed by atoms with Gasteiger partial charge in [0.05, 0.1) is 0 Å². The Balaban J connectivity index is 0.000000487. The van der Waals surface area contributed by atoms with Crippen LogP contribution in [0.2, 0.25) is 0 Å². The van der Waals surface area contributed by atoms with Crippen molar-refractivity contribution in [1.29, 1.82) is 0 Å². The van der Waals surface area contributed by atoms with E-state index in [4.69, 9.17) is 19.7 Å². The molecule has 0 spiro atoms. The van der Waals surface area contributed by atoms with Gasteiger partial charge in [0.15, 0.2) is 0 Å². The molecule has 0 fully saturated rings. The number of carboxylic acid groups (broad SMARTS) is 1. The number of carbonyl (C=O) groups is 2. The lowest BCUT2D eigenvalue weighted by atomic mass is 10.2. The largest absolute Gasteiger partial charge is 0.481 e. The minimum Gasteiger partial charge on any atom is -0.481 e. The molecule has 0 amide bonds. The van der Waals surface area contributed by atoms with Crippen molar-refractivity contribution in [3.05, 3.63) is 11.3 Å². The molecule has 0 heterocycles. The quantitative estimate of drug-likeness (QED) is 0.717. The Morgan fingerprint density at radius 1 is 1.31 bits per heavy atom. The van der Waals surface area contributed by atoms with Crippen molar-refractivity contribution in [1.82, 2.24) is 0 Å². The molecule has 0 atom stereocenters. The number of allylic oxidation sites excluding steroid dienone is 1. The Kier molecular flexibility index (Phi) is 7.20. The highest BCUT2D eigenvalue weighted by molar-refractivity contribution is 5.67. The van der Waals surface area contributed by atoms with Crippen LogP contribution in [0.3, 0.4) is 0 Å². The fraction of sp³-hybridized carbons (Fsp3) is 0.636. The zero-order valence-corrected chi connectivity index (χ0v) is 9.65. The van der Waals surface area contributed by atoms with Gasteiger partial charge in [0, 0.05) is 26.9 Å². The van der Waals surface area contributed by atoms with Crippen LogP contribution >= 0.6 is 0 Å². The third-order valence-corrected chi connectivity index (χ3v) is 1.96. The number of hydrogen-bond acceptors (Lipinski definition) is 4. The summed E-state index contributed by atoms with van der Waals surface area (Å²) >= 11 is 0. The summed E-state index contributed by atoms with van der Waals surface area (Å²) in [4.78, 5) is 19.6. The molecular formula is C11H18O5. The normalized spacial score (nSPS) is 14.2. The average Bonchev–Trinajstić information content (AvgIpc) is 2.51. The molecule has 2 N–H and O–H groups in total. The molecule has 0 aromatic carbocycles. The molecule has 16 heavy (non-hydrogen) atoms. The van der Waals surface area contributed by atoms with Crippen molar-refractivity contribution in [2.45, 2.75) is 39.5 Å². The average molecular weight is 230 g/mol. The second-order valence-electron chi connectivity index (χ2n) is 3.47. The van der Waals surface area contributed by atoms with E-state index in [0.29, 0.717) is 6.42 Å². The molecular weight excluding hydrogens is 212 g/mol. The molecule has 0 aromatic rings. The number of aliphatic hydroxyl groups excluding tert-OH is 1. The van der Waals surface area contributed by atoms with Crippen LogP contribution < -0.4 is 0 Å². The monoisotopic (exact) mass is 230 g/mol.